The van der Waals surface area contributed by atoms with Gasteiger partial charge in [0.2, 0.25) is 10.0 Å². The van der Waals surface area contributed by atoms with Crippen LogP contribution in [0.15, 0.2) is 18.2 Å². The second kappa shape index (κ2) is 5.86. The fourth-order valence-electron chi connectivity index (χ4n) is 1.52. The van der Waals surface area contributed by atoms with Crippen molar-refractivity contribution in [2.45, 2.75) is 26.7 Å². The number of carboxylic acids is 1. The van der Waals surface area contributed by atoms with E-state index in [1.54, 1.807) is 19.1 Å². The predicted octanol–water partition coefficient (Wildman–Crippen LogP) is 2.24. The van der Waals surface area contributed by atoms with Crippen molar-refractivity contribution < 1.29 is 18.3 Å². The summed E-state index contributed by atoms with van der Waals surface area (Å²) in [7, 11) is -3.49. The highest BCUT2D eigenvalue weighted by Gasteiger charge is 2.17. The maximum Gasteiger partial charge on any atom is 0.337 e. The van der Waals surface area contributed by atoms with Gasteiger partial charge in [-0.05, 0) is 25.0 Å². The molecule has 0 unspecified atom stereocenters. The molecule has 6 heteroatoms. The van der Waals surface area contributed by atoms with Crippen molar-refractivity contribution in [2.24, 2.45) is 0 Å². The molecule has 100 valence electrons. The van der Waals surface area contributed by atoms with Crippen LogP contribution >= 0.6 is 0 Å². The van der Waals surface area contributed by atoms with E-state index in [4.69, 9.17) is 5.11 Å². The molecule has 0 radical (unpaired) electrons. The highest BCUT2D eigenvalue weighted by Crippen LogP contribution is 2.22. The molecule has 0 bridgehead atoms. The molecule has 0 aliphatic rings. The minimum atomic E-state index is -3.49. The van der Waals surface area contributed by atoms with Crippen LogP contribution in [-0.4, -0.2) is 25.2 Å². The molecule has 5 nitrogen and oxygen atoms in total. The zero-order valence-electron chi connectivity index (χ0n) is 10.4. The molecule has 0 aliphatic carbocycles. The minimum Gasteiger partial charge on any atom is -0.478 e. The lowest BCUT2D eigenvalue weighted by Crippen LogP contribution is -2.19. The van der Waals surface area contributed by atoms with Crippen LogP contribution in [-0.2, 0) is 10.0 Å². The molecule has 18 heavy (non-hydrogen) atoms. The Kier molecular flexibility index (Phi) is 4.72. The van der Waals surface area contributed by atoms with Gasteiger partial charge in [-0.3, -0.25) is 4.72 Å². The lowest BCUT2D eigenvalue weighted by atomic mass is 10.1. The summed E-state index contributed by atoms with van der Waals surface area (Å²) in [6.45, 7) is 3.57. The number of benzene rings is 1. The van der Waals surface area contributed by atoms with Gasteiger partial charge >= 0.3 is 5.97 Å². The molecule has 0 atom stereocenters. The molecular formula is C12H17NO4S. The third-order valence-electron chi connectivity index (χ3n) is 2.53. The Morgan fingerprint density at radius 3 is 2.61 bits per heavy atom. The molecule has 1 aromatic carbocycles. The first kappa shape index (κ1) is 14.5. The summed E-state index contributed by atoms with van der Waals surface area (Å²) < 4.78 is 25.9. The standard InChI is InChI=1S/C12H17NO4S/c1-3-4-8-18(16,17)13-11-9(2)6-5-7-10(11)12(14)15/h5-7,13H,3-4,8H2,1-2H3,(H,14,15). The predicted molar refractivity (Wildman–Crippen MR) is 70.5 cm³/mol. The summed E-state index contributed by atoms with van der Waals surface area (Å²) >= 11 is 0. The molecule has 0 heterocycles. The van der Waals surface area contributed by atoms with Crippen LogP contribution in [0.5, 0.6) is 0 Å². The molecule has 0 aliphatic heterocycles. The van der Waals surface area contributed by atoms with E-state index in [-0.39, 0.29) is 17.0 Å². The summed E-state index contributed by atoms with van der Waals surface area (Å²) in [5.41, 5.74) is 0.714. The van der Waals surface area contributed by atoms with E-state index in [2.05, 4.69) is 4.72 Å². The smallest absolute Gasteiger partial charge is 0.337 e. The minimum absolute atomic E-state index is 0.00308. The highest BCUT2D eigenvalue weighted by atomic mass is 32.2. The van der Waals surface area contributed by atoms with E-state index in [1.807, 2.05) is 6.92 Å². The summed E-state index contributed by atoms with van der Waals surface area (Å²) in [6, 6.07) is 4.64. The quantitative estimate of drug-likeness (QED) is 0.831. The Labute approximate surface area is 107 Å². The largest absolute Gasteiger partial charge is 0.478 e. The number of anilines is 1. The fraction of sp³-hybridized carbons (Fsp3) is 0.417. The number of carbonyl (C=O) groups is 1. The first-order chi connectivity index (χ1) is 8.37. The molecule has 0 aromatic heterocycles. The van der Waals surface area contributed by atoms with Gasteiger partial charge in [-0.25, -0.2) is 13.2 Å². The van der Waals surface area contributed by atoms with Crippen molar-refractivity contribution >= 4 is 21.7 Å². The average Bonchev–Trinajstić information content (AvgIpc) is 2.28. The van der Waals surface area contributed by atoms with Crippen molar-refractivity contribution in [1.29, 1.82) is 0 Å². The van der Waals surface area contributed by atoms with E-state index in [0.717, 1.165) is 6.42 Å². The van der Waals surface area contributed by atoms with Gasteiger partial charge in [0.05, 0.1) is 17.0 Å². The number of sulfonamides is 1. The summed E-state index contributed by atoms with van der Waals surface area (Å²) in [5, 5.41) is 9.03. The Morgan fingerprint density at radius 1 is 1.39 bits per heavy atom. The van der Waals surface area contributed by atoms with E-state index >= 15 is 0 Å². The van der Waals surface area contributed by atoms with E-state index < -0.39 is 16.0 Å². The molecule has 0 saturated carbocycles. The van der Waals surface area contributed by atoms with Gasteiger partial charge in [0, 0.05) is 0 Å². The number of unbranched alkanes of at least 4 members (excludes halogenated alkanes) is 1. The summed E-state index contributed by atoms with van der Waals surface area (Å²) in [6.07, 6.45) is 1.31. The van der Waals surface area contributed by atoms with Crippen LogP contribution in [0, 0.1) is 6.92 Å². The monoisotopic (exact) mass is 271 g/mol. The van der Waals surface area contributed by atoms with Crippen LogP contribution in [0.25, 0.3) is 0 Å². The van der Waals surface area contributed by atoms with Crippen LogP contribution in [0.4, 0.5) is 5.69 Å². The van der Waals surface area contributed by atoms with Crippen molar-refractivity contribution in [1.82, 2.24) is 0 Å². The topological polar surface area (TPSA) is 83.5 Å². The first-order valence-corrected chi connectivity index (χ1v) is 7.36. The van der Waals surface area contributed by atoms with Gasteiger partial charge in [-0.15, -0.1) is 0 Å². The van der Waals surface area contributed by atoms with Crippen molar-refractivity contribution in [3.8, 4) is 0 Å². The van der Waals surface area contributed by atoms with Gasteiger partial charge in [0.1, 0.15) is 0 Å². The summed E-state index contributed by atoms with van der Waals surface area (Å²) in [5.74, 6) is -1.15. The Morgan fingerprint density at radius 2 is 2.06 bits per heavy atom. The Bertz CT molecular complexity index is 537. The molecule has 1 aromatic rings. The van der Waals surface area contributed by atoms with E-state index in [0.29, 0.717) is 12.0 Å². The maximum atomic E-state index is 11.8. The van der Waals surface area contributed by atoms with E-state index in [1.165, 1.54) is 6.07 Å². The van der Waals surface area contributed by atoms with Gasteiger partial charge < -0.3 is 5.11 Å². The third kappa shape index (κ3) is 3.73. The number of para-hydroxylation sites is 1. The van der Waals surface area contributed by atoms with Crippen molar-refractivity contribution in [2.75, 3.05) is 10.5 Å². The van der Waals surface area contributed by atoms with Gasteiger partial charge in [-0.1, -0.05) is 25.5 Å². The molecule has 0 saturated heterocycles. The number of aromatic carboxylic acids is 1. The lowest BCUT2D eigenvalue weighted by Gasteiger charge is -2.12. The number of nitrogens with one attached hydrogen (secondary N) is 1. The van der Waals surface area contributed by atoms with Gasteiger partial charge in [0.15, 0.2) is 0 Å². The number of hydrogen-bond donors (Lipinski definition) is 2. The zero-order valence-corrected chi connectivity index (χ0v) is 11.3. The molecule has 0 amide bonds. The number of aryl methyl sites for hydroxylation is 1. The summed E-state index contributed by atoms with van der Waals surface area (Å²) in [4.78, 5) is 11.0. The SMILES string of the molecule is CCCCS(=O)(=O)Nc1c(C)cccc1C(=O)O. The Balaban J connectivity index is 3.07. The molecule has 2 N–H and O–H groups in total. The van der Waals surface area contributed by atoms with Crippen LogP contribution in [0.3, 0.4) is 0 Å². The molecule has 1 rings (SSSR count). The van der Waals surface area contributed by atoms with E-state index in [9.17, 15) is 13.2 Å². The van der Waals surface area contributed by atoms with Crippen LogP contribution in [0.1, 0.15) is 35.7 Å². The molecular weight excluding hydrogens is 254 g/mol. The third-order valence-corrected chi connectivity index (χ3v) is 3.87. The second-order valence-corrected chi connectivity index (χ2v) is 5.92. The zero-order chi connectivity index (χ0) is 13.8. The van der Waals surface area contributed by atoms with Gasteiger partial charge in [0.25, 0.3) is 0 Å². The van der Waals surface area contributed by atoms with Crippen LogP contribution < -0.4 is 4.72 Å². The number of hydrogen-bond acceptors (Lipinski definition) is 3. The second-order valence-electron chi connectivity index (χ2n) is 4.08. The molecule has 0 spiro atoms. The van der Waals surface area contributed by atoms with Crippen LogP contribution in [0.2, 0.25) is 0 Å². The van der Waals surface area contributed by atoms with Crippen molar-refractivity contribution in [3.63, 3.8) is 0 Å². The lowest BCUT2D eigenvalue weighted by molar-refractivity contribution is 0.0698. The first-order valence-electron chi connectivity index (χ1n) is 5.70. The fourth-order valence-corrected chi connectivity index (χ4v) is 2.88. The number of rotatable bonds is 6. The highest BCUT2D eigenvalue weighted by molar-refractivity contribution is 7.92. The normalized spacial score (nSPS) is 11.2. The van der Waals surface area contributed by atoms with Crippen molar-refractivity contribution in [3.05, 3.63) is 29.3 Å². The average molecular weight is 271 g/mol. The number of carboxylic acid groups (broad SMARTS) is 1. The molecule has 0 fully saturated rings. The maximum absolute atomic E-state index is 11.8. The van der Waals surface area contributed by atoms with Gasteiger partial charge in [-0.2, -0.15) is 0 Å². The Hall–Kier alpha value is -1.56.